The first-order chi connectivity index (χ1) is 9.08. The first kappa shape index (κ1) is 13.1. The number of benzene rings is 2. The predicted octanol–water partition coefficient (Wildman–Crippen LogP) is 3.55. The monoisotopic (exact) mass is 265 g/mol. The van der Waals surface area contributed by atoms with Crippen molar-refractivity contribution < 1.29 is 18.3 Å². The summed E-state index contributed by atoms with van der Waals surface area (Å²) in [5.41, 5.74) is 7.80. The van der Waals surface area contributed by atoms with Gasteiger partial charge >= 0.3 is 6.61 Å². The van der Waals surface area contributed by atoms with Crippen LogP contribution < -0.4 is 15.2 Å². The number of methoxy groups -OCH3 is 1. The van der Waals surface area contributed by atoms with E-state index in [9.17, 15) is 8.78 Å². The molecule has 0 amide bonds. The van der Waals surface area contributed by atoms with Gasteiger partial charge in [0.2, 0.25) is 0 Å². The largest absolute Gasteiger partial charge is 0.497 e. The first-order valence-electron chi connectivity index (χ1n) is 5.58. The van der Waals surface area contributed by atoms with Gasteiger partial charge in [0.05, 0.1) is 7.11 Å². The summed E-state index contributed by atoms with van der Waals surface area (Å²) in [6.45, 7) is -2.87. The summed E-state index contributed by atoms with van der Waals surface area (Å²) in [4.78, 5) is 0. The fraction of sp³-hybridized carbons (Fsp3) is 0.143. The van der Waals surface area contributed by atoms with Crippen LogP contribution in [0.1, 0.15) is 0 Å². The van der Waals surface area contributed by atoms with Crippen molar-refractivity contribution in [1.29, 1.82) is 0 Å². The molecule has 100 valence electrons. The number of nitrogen functional groups attached to an aromatic ring is 1. The minimum Gasteiger partial charge on any atom is -0.497 e. The minimum absolute atomic E-state index is 0.0479. The average Bonchev–Trinajstić information content (AvgIpc) is 2.37. The fourth-order valence-corrected chi connectivity index (χ4v) is 1.75. The number of hydrogen-bond donors (Lipinski definition) is 1. The number of anilines is 1. The molecule has 0 bridgehead atoms. The molecule has 0 fully saturated rings. The molecule has 0 aliphatic rings. The molecular weight excluding hydrogens is 252 g/mol. The minimum atomic E-state index is -2.87. The van der Waals surface area contributed by atoms with Crippen LogP contribution in [0, 0.1) is 0 Å². The van der Waals surface area contributed by atoms with Gasteiger partial charge in [-0.05, 0) is 35.4 Å². The summed E-state index contributed by atoms with van der Waals surface area (Å²) in [6, 6.07) is 11.8. The Balaban J connectivity index is 2.44. The highest BCUT2D eigenvalue weighted by atomic mass is 19.3. The van der Waals surface area contributed by atoms with Gasteiger partial charge in [0, 0.05) is 11.8 Å². The van der Waals surface area contributed by atoms with E-state index in [1.54, 1.807) is 24.3 Å². The maximum atomic E-state index is 12.3. The Kier molecular flexibility index (Phi) is 3.85. The lowest BCUT2D eigenvalue weighted by molar-refractivity contribution is -0.0498. The van der Waals surface area contributed by atoms with Crippen molar-refractivity contribution in [2.24, 2.45) is 0 Å². The average molecular weight is 265 g/mol. The SMILES string of the molecule is COc1cc(OC(F)F)cc(-c2cccc(N)c2)c1. The molecule has 2 N–H and O–H groups in total. The highest BCUT2D eigenvalue weighted by molar-refractivity contribution is 5.70. The second-order valence-corrected chi connectivity index (χ2v) is 3.90. The lowest BCUT2D eigenvalue weighted by atomic mass is 10.0. The van der Waals surface area contributed by atoms with Crippen LogP contribution in [0.5, 0.6) is 11.5 Å². The third-order valence-corrected chi connectivity index (χ3v) is 2.56. The number of rotatable bonds is 4. The van der Waals surface area contributed by atoms with Crippen molar-refractivity contribution in [2.75, 3.05) is 12.8 Å². The second-order valence-electron chi connectivity index (χ2n) is 3.90. The van der Waals surface area contributed by atoms with Crippen LogP contribution in [0.3, 0.4) is 0 Å². The fourth-order valence-electron chi connectivity index (χ4n) is 1.75. The Morgan fingerprint density at radius 3 is 2.37 bits per heavy atom. The van der Waals surface area contributed by atoms with Crippen molar-refractivity contribution in [1.82, 2.24) is 0 Å². The molecule has 19 heavy (non-hydrogen) atoms. The molecule has 3 nitrogen and oxygen atoms in total. The van der Waals surface area contributed by atoms with E-state index < -0.39 is 6.61 Å². The predicted molar refractivity (Wildman–Crippen MR) is 69.5 cm³/mol. The topological polar surface area (TPSA) is 44.5 Å². The highest BCUT2D eigenvalue weighted by Crippen LogP contribution is 2.31. The standard InChI is InChI=1S/C14H13F2NO2/c1-18-12-6-10(7-13(8-12)19-14(15)16)9-3-2-4-11(17)5-9/h2-8,14H,17H2,1H3. The van der Waals surface area contributed by atoms with E-state index >= 15 is 0 Å². The number of hydrogen-bond acceptors (Lipinski definition) is 3. The van der Waals surface area contributed by atoms with E-state index in [0.29, 0.717) is 17.0 Å². The third kappa shape index (κ3) is 3.34. The Hall–Kier alpha value is -2.30. The van der Waals surface area contributed by atoms with Crippen molar-refractivity contribution >= 4 is 5.69 Å². The molecule has 0 aliphatic heterocycles. The van der Waals surface area contributed by atoms with Gasteiger partial charge < -0.3 is 15.2 Å². The highest BCUT2D eigenvalue weighted by Gasteiger charge is 2.09. The third-order valence-electron chi connectivity index (χ3n) is 2.56. The summed E-state index contributed by atoms with van der Waals surface area (Å²) in [5.74, 6) is 0.488. The van der Waals surface area contributed by atoms with Gasteiger partial charge in [-0.15, -0.1) is 0 Å². The number of halogens is 2. The normalized spacial score (nSPS) is 10.5. The summed E-state index contributed by atoms with van der Waals surface area (Å²) in [7, 11) is 1.46. The molecule has 0 unspecified atom stereocenters. The Labute approximate surface area is 109 Å². The van der Waals surface area contributed by atoms with Crippen molar-refractivity contribution in [3.05, 3.63) is 42.5 Å². The van der Waals surface area contributed by atoms with Gasteiger partial charge in [-0.1, -0.05) is 12.1 Å². The number of nitrogens with two attached hydrogens (primary N) is 1. The Bertz CT molecular complexity index is 573. The molecule has 0 spiro atoms. The van der Waals surface area contributed by atoms with Crippen LogP contribution in [0.2, 0.25) is 0 Å². The molecule has 0 radical (unpaired) electrons. The van der Waals surface area contributed by atoms with Gasteiger partial charge in [-0.2, -0.15) is 8.78 Å². The smallest absolute Gasteiger partial charge is 0.387 e. The molecule has 0 saturated heterocycles. The van der Waals surface area contributed by atoms with Gasteiger partial charge in [-0.25, -0.2) is 0 Å². The molecule has 0 aromatic heterocycles. The molecule has 0 atom stereocenters. The van der Waals surface area contributed by atoms with Gasteiger partial charge in [0.15, 0.2) is 0 Å². The zero-order valence-electron chi connectivity index (χ0n) is 10.3. The van der Waals surface area contributed by atoms with Crippen molar-refractivity contribution in [3.63, 3.8) is 0 Å². The van der Waals surface area contributed by atoms with Crippen LogP contribution in [0.4, 0.5) is 14.5 Å². The molecule has 2 rings (SSSR count). The van der Waals surface area contributed by atoms with E-state index in [1.807, 2.05) is 6.07 Å². The lowest BCUT2D eigenvalue weighted by Crippen LogP contribution is -2.02. The maximum Gasteiger partial charge on any atom is 0.387 e. The molecular formula is C14H13F2NO2. The summed E-state index contributed by atoms with van der Waals surface area (Å²) >= 11 is 0. The van der Waals surface area contributed by atoms with E-state index in [-0.39, 0.29) is 5.75 Å². The molecule has 0 aliphatic carbocycles. The quantitative estimate of drug-likeness (QED) is 0.860. The molecule has 5 heteroatoms. The van der Waals surface area contributed by atoms with Crippen LogP contribution in [0.25, 0.3) is 11.1 Å². The van der Waals surface area contributed by atoms with Crippen LogP contribution >= 0.6 is 0 Å². The molecule has 2 aromatic carbocycles. The van der Waals surface area contributed by atoms with Gasteiger partial charge in [0.25, 0.3) is 0 Å². The van der Waals surface area contributed by atoms with Gasteiger partial charge in [0.1, 0.15) is 11.5 Å². The van der Waals surface area contributed by atoms with E-state index in [4.69, 9.17) is 10.5 Å². The van der Waals surface area contributed by atoms with Crippen molar-refractivity contribution in [3.8, 4) is 22.6 Å². The molecule has 2 aromatic rings. The lowest BCUT2D eigenvalue weighted by Gasteiger charge is -2.10. The second kappa shape index (κ2) is 5.56. The molecule has 0 heterocycles. The van der Waals surface area contributed by atoms with Crippen LogP contribution in [-0.2, 0) is 0 Å². The summed E-state index contributed by atoms with van der Waals surface area (Å²) in [6.07, 6.45) is 0. The van der Waals surface area contributed by atoms with E-state index in [2.05, 4.69) is 4.74 Å². The Morgan fingerprint density at radius 1 is 1.00 bits per heavy atom. The van der Waals surface area contributed by atoms with E-state index in [0.717, 1.165) is 5.56 Å². The zero-order chi connectivity index (χ0) is 13.8. The zero-order valence-corrected chi connectivity index (χ0v) is 10.3. The summed E-state index contributed by atoms with van der Waals surface area (Å²) < 4.78 is 34.0. The summed E-state index contributed by atoms with van der Waals surface area (Å²) in [5, 5.41) is 0. The van der Waals surface area contributed by atoms with E-state index in [1.165, 1.54) is 19.2 Å². The number of ether oxygens (including phenoxy) is 2. The van der Waals surface area contributed by atoms with Crippen LogP contribution in [-0.4, -0.2) is 13.7 Å². The van der Waals surface area contributed by atoms with Gasteiger partial charge in [-0.3, -0.25) is 0 Å². The first-order valence-corrected chi connectivity index (χ1v) is 5.58. The number of alkyl halides is 2. The maximum absolute atomic E-state index is 12.3. The van der Waals surface area contributed by atoms with Crippen LogP contribution in [0.15, 0.2) is 42.5 Å². The molecule has 0 saturated carbocycles. The van der Waals surface area contributed by atoms with Crippen molar-refractivity contribution in [2.45, 2.75) is 6.61 Å². The Morgan fingerprint density at radius 2 is 1.74 bits per heavy atom.